The first-order chi connectivity index (χ1) is 10.3. The Balaban J connectivity index is 1.94. The van der Waals surface area contributed by atoms with E-state index in [0.29, 0.717) is 0 Å². The fraction of sp³-hybridized carbons (Fsp3) is 0.438. The first-order valence-corrected chi connectivity index (χ1v) is 7.46. The van der Waals surface area contributed by atoms with Crippen molar-refractivity contribution in [2.24, 2.45) is 5.84 Å². The molecular formula is C16H22N4O. The molecule has 5 heteroatoms. The molecule has 0 amide bonds. The largest absolute Gasteiger partial charge is 0.374 e. The summed E-state index contributed by atoms with van der Waals surface area (Å²) in [5.41, 5.74) is 4.09. The van der Waals surface area contributed by atoms with Crippen LogP contribution in [0.3, 0.4) is 0 Å². The number of rotatable bonds is 4. The van der Waals surface area contributed by atoms with Crippen LogP contribution in [-0.4, -0.2) is 42.2 Å². The number of aromatic nitrogens is 1. The summed E-state index contributed by atoms with van der Waals surface area (Å²) in [5, 5.41) is 2.30. The van der Waals surface area contributed by atoms with Gasteiger partial charge in [0, 0.05) is 30.9 Å². The highest BCUT2D eigenvalue weighted by Gasteiger charge is 2.29. The van der Waals surface area contributed by atoms with Crippen LogP contribution in [0.1, 0.15) is 18.5 Å². The second kappa shape index (κ2) is 6.49. The number of pyridine rings is 1. The number of morpholine rings is 1. The second-order valence-corrected chi connectivity index (χ2v) is 5.39. The minimum absolute atomic E-state index is 0.0350. The average molecular weight is 286 g/mol. The van der Waals surface area contributed by atoms with Crippen molar-refractivity contribution in [3.8, 4) is 0 Å². The minimum Gasteiger partial charge on any atom is -0.374 e. The molecule has 1 aliphatic heterocycles. The van der Waals surface area contributed by atoms with Crippen molar-refractivity contribution in [2.45, 2.75) is 19.1 Å². The van der Waals surface area contributed by atoms with Crippen LogP contribution >= 0.6 is 0 Å². The highest BCUT2D eigenvalue weighted by molar-refractivity contribution is 5.85. The number of hydrazine groups is 1. The topological polar surface area (TPSA) is 63.4 Å². The number of nitrogens with two attached hydrogens (primary N) is 1. The van der Waals surface area contributed by atoms with E-state index in [0.717, 1.165) is 37.2 Å². The number of hydrogen-bond donors (Lipinski definition) is 2. The minimum atomic E-state index is -0.0350. The maximum absolute atomic E-state index is 5.96. The van der Waals surface area contributed by atoms with Crippen LogP contribution in [0.15, 0.2) is 36.7 Å². The number of nitrogens with one attached hydrogen (secondary N) is 1. The maximum Gasteiger partial charge on any atom is 0.0910 e. The first-order valence-electron chi connectivity index (χ1n) is 7.46. The predicted octanol–water partition coefficient (Wildman–Crippen LogP) is 1.46. The molecule has 3 N–H and O–H groups in total. The molecule has 0 radical (unpaired) electrons. The van der Waals surface area contributed by atoms with E-state index in [1.54, 1.807) is 0 Å². The Kier molecular flexibility index (Phi) is 4.45. The summed E-state index contributed by atoms with van der Waals surface area (Å²) >= 11 is 0. The molecule has 2 aromatic rings. The van der Waals surface area contributed by atoms with Crippen LogP contribution < -0.4 is 11.3 Å². The Hall–Kier alpha value is -1.53. The number of fused-ring (bicyclic) bond motifs is 1. The SMILES string of the molecule is CCN1CCOC(C(NN)c2cccc3ccncc23)C1. The molecule has 0 saturated carbocycles. The molecule has 5 nitrogen and oxygen atoms in total. The van der Waals surface area contributed by atoms with E-state index in [4.69, 9.17) is 10.6 Å². The molecule has 112 valence electrons. The van der Waals surface area contributed by atoms with Gasteiger partial charge in [-0.3, -0.25) is 21.2 Å². The lowest BCUT2D eigenvalue weighted by Gasteiger charge is -2.36. The van der Waals surface area contributed by atoms with E-state index in [1.807, 2.05) is 18.5 Å². The van der Waals surface area contributed by atoms with E-state index in [-0.39, 0.29) is 12.1 Å². The van der Waals surface area contributed by atoms with Gasteiger partial charge < -0.3 is 4.74 Å². The van der Waals surface area contributed by atoms with Gasteiger partial charge in [-0.15, -0.1) is 0 Å². The van der Waals surface area contributed by atoms with Crippen LogP contribution in [0.25, 0.3) is 10.8 Å². The Labute approximate surface area is 125 Å². The number of hydrogen-bond acceptors (Lipinski definition) is 5. The van der Waals surface area contributed by atoms with E-state index in [2.05, 4.69) is 40.4 Å². The van der Waals surface area contributed by atoms with Gasteiger partial charge in [0.25, 0.3) is 0 Å². The molecule has 1 aliphatic rings. The Morgan fingerprint density at radius 3 is 3.19 bits per heavy atom. The fourth-order valence-electron chi connectivity index (χ4n) is 3.03. The lowest BCUT2D eigenvalue weighted by Crippen LogP contribution is -2.49. The van der Waals surface area contributed by atoms with Crippen molar-refractivity contribution < 1.29 is 4.74 Å². The molecule has 0 aliphatic carbocycles. The van der Waals surface area contributed by atoms with Gasteiger partial charge in [-0.05, 0) is 23.6 Å². The molecule has 1 aromatic heterocycles. The van der Waals surface area contributed by atoms with Gasteiger partial charge in [-0.25, -0.2) is 0 Å². The third kappa shape index (κ3) is 2.91. The number of ether oxygens (including phenoxy) is 1. The van der Waals surface area contributed by atoms with Gasteiger partial charge in [0.05, 0.1) is 18.8 Å². The van der Waals surface area contributed by atoms with Gasteiger partial charge in [-0.1, -0.05) is 25.1 Å². The smallest absolute Gasteiger partial charge is 0.0910 e. The van der Waals surface area contributed by atoms with Crippen LogP contribution in [0, 0.1) is 0 Å². The first kappa shape index (κ1) is 14.4. The second-order valence-electron chi connectivity index (χ2n) is 5.39. The Morgan fingerprint density at radius 1 is 1.48 bits per heavy atom. The van der Waals surface area contributed by atoms with Crippen molar-refractivity contribution in [2.75, 3.05) is 26.2 Å². The van der Waals surface area contributed by atoms with Gasteiger partial charge >= 0.3 is 0 Å². The number of likely N-dealkylation sites (N-methyl/N-ethyl adjacent to an activating group) is 1. The third-order valence-corrected chi connectivity index (χ3v) is 4.23. The molecule has 2 heterocycles. The van der Waals surface area contributed by atoms with Crippen LogP contribution in [0.4, 0.5) is 0 Å². The zero-order chi connectivity index (χ0) is 14.7. The summed E-state index contributed by atoms with van der Waals surface area (Å²) in [6.45, 7) is 5.84. The lowest BCUT2D eigenvalue weighted by atomic mass is 9.96. The van der Waals surface area contributed by atoms with Gasteiger partial charge in [-0.2, -0.15) is 0 Å². The molecule has 1 aromatic carbocycles. The standard InChI is InChI=1S/C16H22N4O/c1-2-20-8-9-21-15(11-20)16(19-17)13-5-3-4-12-6-7-18-10-14(12)13/h3-7,10,15-16,19H,2,8-9,11,17H2,1H3. The summed E-state index contributed by atoms with van der Waals surface area (Å²) in [5.74, 6) is 5.84. The van der Waals surface area contributed by atoms with Crippen LogP contribution in [-0.2, 0) is 4.74 Å². The van der Waals surface area contributed by atoms with Crippen LogP contribution in [0.5, 0.6) is 0 Å². The van der Waals surface area contributed by atoms with Gasteiger partial charge in [0.15, 0.2) is 0 Å². The average Bonchev–Trinajstić information content (AvgIpc) is 2.56. The molecule has 2 unspecified atom stereocenters. The molecule has 1 saturated heterocycles. The molecule has 3 rings (SSSR count). The van der Waals surface area contributed by atoms with Gasteiger partial charge in [0.2, 0.25) is 0 Å². The summed E-state index contributed by atoms with van der Waals surface area (Å²) < 4.78 is 5.96. The number of nitrogens with zero attached hydrogens (tertiary/aromatic N) is 2. The molecular weight excluding hydrogens is 264 g/mol. The summed E-state index contributed by atoms with van der Waals surface area (Å²) in [4.78, 5) is 6.64. The fourth-order valence-corrected chi connectivity index (χ4v) is 3.03. The van der Waals surface area contributed by atoms with Crippen LogP contribution in [0.2, 0.25) is 0 Å². The normalized spacial score (nSPS) is 21.5. The zero-order valence-corrected chi connectivity index (χ0v) is 12.3. The Morgan fingerprint density at radius 2 is 2.38 bits per heavy atom. The molecule has 0 bridgehead atoms. The summed E-state index contributed by atoms with van der Waals surface area (Å²) in [6, 6.07) is 8.23. The van der Waals surface area contributed by atoms with Crippen molar-refractivity contribution in [1.82, 2.24) is 15.3 Å². The molecule has 21 heavy (non-hydrogen) atoms. The number of benzene rings is 1. The highest BCUT2D eigenvalue weighted by Crippen LogP contribution is 2.28. The zero-order valence-electron chi connectivity index (χ0n) is 12.3. The third-order valence-electron chi connectivity index (χ3n) is 4.23. The predicted molar refractivity (Wildman–Crippen MR) is 83.7 cm³/mol. The van der Waals surface area contributed by atoms with Crippen molar-refractivity contribution >= 4 is 10.8 Å². The quantitative estimate of drug-likeness (QED) is 0.658. The van der Waals surface area contributed by atoms with Gasteiger partial charge in [0.1, 0.15) is 0 Å². The maximum atomic E-state index is 5.96. The highest BCUT2D eigenvalue weighted by atomic mass is 16.5. The summed E-state index contributed by atoms with van der Waals surface area (Å²) in [7, 11) is 0. The van der Waals surface area contributed by atoms with E-state index < -0.39 is 0 Å². The summed E-state index contributed by atoms with van der Waals surface area (Å²) in [6.07, 6.45) is 3.76. The van der Waals surface area contributed by atoms with Crippen molar-refractivity contribution in [3.05, 3.63) is 42.2 Å². The van der Waals surface area contributed by atoms with E-state index in [1.165, 1.54) is 5.39 Å². The molecule has 1 fully saturated rings. The van der Waals surface area contributed by atoms with E-state index in [9.17, 15) is 0 Å². The van der Waals surface area contributed by atoms with Crippen molar-refractivity contribution in [1.29, 1.82) is 0 Å². The molecule has 2 atom stereocenters. The van der Waals surface area contributed by atoms with Crippen molar-refractivity contribution in [3.63, 3.8) is 0 Å². The lowest BCUT2D eigenvalue weighted by molar-refractivity contribution is -0.0454. The van der Waals surface area contributed by atoms with E-state index >= 15 is 0 Å². The monoisotopic (exact) mass is 286 g/mol. The Bertz CT molecular complexity index is 598. The molecule has 0 spiro atoms.